The molecule has 0 aliphatic heterocycles. The number of hydrogen-bond acceptors (Lipinski definition) is 1. The minimum absolute atomic E-state index is 0.133. The zero-order valence-electron chi connectivity index (χ0n) is 19.8. The second-order valence-corrected chi connectivity index (χ2v) is 9.26. The van der Waals surface area contributed by atoms with Gasteiger partial charge in [-0.3, -0.25) is 4.90 Å². The van der Waals surface area contributed by atoms with Gasteiger partial charge in [0.2, 0.25) is 10.8 Å². The Morgan fingerprint density at radius 2 is 1.68 bits per heavy atom. The van der Waals surface area contributed by atoms with Crippen LogP contribution in [-0.2, 0) is 19.3 Å². The maximum absolute atomic E-state index is 14.2. The van der Waals surface area contributed by atoms with Gasteiger partial charge in [-0.25, -0.2) is 4.98 Å². The largest absolute Gasteiger partial charge is 0.449 e. The number of nitrogens with zero attached hydrogens (tertiary/aromatic N) is 3. The summed E-state index contributed by atoms with van der Waals surface area (Å²) in [6, 6.07) is 13.8. The molecule has 180 valence electrons. The lowest BCUT2D eigenvalue weighted by molar-refractivity contribution is -0.520. The molecule has 1 N–H and O–H groups in total. The molecule has 2 aromatic carbocycles. The van der Waals surface area contributed by atoms with Gasteiger partial charge in [-0.1, -0.05) is 55.0 Å². The smallest absolute Gasteiger partial charge is 0.292 e. The lowest BCUT2D eigenvalue weighted by Gasteiger charge is -2.21. The Hall–Kier alpha value is -2.77. The van der Waals surface area contributed by atoms with Crippen molar-refractivity contribution in [3.05, 3.63) is 87.5 Å². The number of fused-ring (bicyclic) bond motifs is 1. The first-order chi connectivity index (χ1) is 16.1. The summed E-state index contributed by atoms with van der Waals surface area (Å²) in [6.45, 7) is 9.27. The van der Waals surface area contributed by atoms with Gasteiger partial charge in [0.25, 0.3) is 0 Å². The van der Waals surface area contributed by atoms with Crippen LogP contribution in [0.25, 0.3) is 11.5 Å². The number of aromatic nitrogens is 3. The molecular weight excluding hydrogens is 461 g/mol. The maximum atomic E-state index is 14.2. The monoisotopic (exact) mass is 489 g/mol. The number of rotatable bonds is 7. The molecule has 0 radical (unpaired) electrons. The molecule has 4 aromatic rings. The minimum Gasteiger partial charge on any atom is -0.292 e. The standard InChI is InChI=1S/C26H28ClF3N4/c1-5-11-32(14-20-9-7-6-8-10-20)15-21-24(26(28,29)30)31-25-33(21)16-22(27)34(25)23-18(3)12-17(2)13-19(23)4/h6-10,12-13,16H,5,11,14-15H2,1-4H3/p+1. The number of alkyl halides is 3. The van der Waals surface area contributed by atoms with Gasteiger partial charge in [-0.2, -0.15) is 22.1 Å². The van der Waals surface area contributed by atoms with Crippen LogP contribution in [0.2, 0.25) is 5.15 Å². The third-order valence-electron chi connectivity index (χ3n) is 6.01. The van der Waals surface area contributed by atoms with Crippen LogP contribution in [0, 0.1) is 20.8 Å². The average molecular weight is 490 g/mol. The van der Waals surface area contributed by atoms with Gasteiger partial charge in [0, 0.05) is 6.54 Å². The van der Waals surface area contributed by atoms with Crippen LogP contribution in [0.1, 0.15) is 47.0 Å². The van der Waals surface area contributed by atoms with E-state index in [9.17, 15) is 13.2 Å². The molecule has 2 aromatic heterocycles. The molecule has 0 spiro atoms. The summed E-state index contributed by atoms with van der Waals surface area (Å²) in [6.07, 6.45) is -2.13. The van der Waals surface area contributed by atoms with Gasteiger partial charge < -0.3 is 0 Å². The molecule has 0 fully saturated rings. The summed E-state index contributed by atoms with van der Waals surface area (Å²) in [5.74, 6) is 0.290. The number of imidazole rings is 2. The number of hydrogen-bond donors (Lipinski definition) is 1. The Morgan fingerprint density at radius 3 is 2.26 bits per heavy atom. The van der Waals surface area contributed by atoms with Crippen molar-refractivity contribution in [2.45, 2.75) is 53.4 Å². The molecule has 0 atom stereocenters. The predicted octanol–water partition coefficient (Wildman–Crippen LogP) is 6.55. The summed E-state index contributed by atoms with van der Waals surface area (Å²) >= 11 is 6.62. The van der Waals surface area contributed by atoms with Gasteiger partial charge in [-0.05, 0) is 62.0 Å². The molecule has 8 heteroatoms. The fraction of sp³-hybridized carbons (Fsp3) is 0.346. The van der Waals surface area contributed by atoms with E-state index < -0.39 is 11.9 Å². The topological polar surface area (TPSA) is 28.1 Å². The van der Waals surface area contributed by atoms with Crippen molar-refractivity contribution >= 4 is 17.4 Å². The van der Waals surface area contributed by atoms with E-state index in [-0.39, 0.29) is 12.2 Å². The molecule has 4 nitrogen and oxygen atoms in total. The van der Waals surface area contributed by atoms with Crippen molar-refractivity contribution in [3.63, 3.8) is 0 Å². The highest BCUT2D eigenvalue weighted by Gasteiger charge is 2.42. The SMILES string of the molecule is CCCN(Cc1ccccc1)Cc1c(C(F)(F)F)[nH]c2n(-c3c(C)cc(C)cc3C)c(Cl)c[n+]12. The lowest BCUT2D eigenvalue weighted by atomic mass is 10.1. The highest BCUT2D eigenvalue weighted by atomic mass is 35.5. The Kier molecular flexibility index (Phi) is 6.78. The Labute approximate surface area is 202 Å². The van der Waals surface area contributed by atoms with Crippen molar-refractivity contribution < 1.29 is 17.6 Å². The maximum Gasteiger partial charge on any atom is 0.449 e. The molecule has 0 aliphatic rings. The van der Waals surface area contributed by atoms with Crippen LogP contribution >= 0.6 is 11.6 Å². The van der Waals surface area contributed by atoms with Crippen molar-refractivity contribution in [2.75, 3.05) is 6.54 Å². The lowest BCUT2D eigenvalue weighted by Crippen LogP contribution is -2.32. The zero-order chi connectivity index (χ0) is 24.6. The quantitative estimate of drug-likeness (QED) is 0.293. The van der Waals surface area contributed by atoms with Gasteiger partial charge >= 0.3 is 12.0 Å². The second kappa shape index (κ2) is 9.47. The average Bonchev–Trinajstić information content (AvgIpc) is 3.24. The van der Waals surface area contributed by atoms with Gasteiger partial charge in [-0.15, -0.1) is 0 Å². The van der Waals surface area contributed by atoms with Crippen molar-refractivity contribution in [3.8, 4) is 5.69 Å². The van der Waals surface area contributed by atoms with E-state index in [4.69, 9.17) is 11.6 Å². The van der Waals surface area contributed by atoms with E-state index in [1.165, 1.54) is 0 Å². The number of H-pyrrole nitrogens is 1. The Balaban J connectivity index is 1.86. The molecule has 2 heterocycles. The molecule has 4 rings (SSSR count). The van der Waals surface area contributed by atoms with E-state index in [1.807, 2.05) is 75.1 Å². The van der Waals surface area contributed by atoms with Crippen LogP contribution in [0.4, 0.5) is 13.2 Å². The number of nitrogens with one attached hydrogen (secondary N) is 1. The van der Waals surface area contributed by atoms with Gasteiger partial charge in [0.15, 0.2) is 0 Å². The van der Waals surface area contributed by atoms with Crippen LogP contribution in [-0.4, -0.2) is 21.0 Å². The van der Waals surface area contributed by atoms with E-state index in [0.717, 1.165) is 34.4 Å². The normalized spacial score (nSPS) is 12.3. The summed E-state index contributed by atoms with van der Waals surface area (Å²) in [7, 11) is 0. The summed E-state index contributed by atoms with van der Waals surface area (Å²) < 4.78 is 45.7. The first-order valence-electron chi connectivity index (χ1n) is 11.3. The van der Waals surface area contributed by atoms with Crippen molar-refractivity contribution in [1.82, 2.24) is 14.5 Å². The van der Waals surface area contributed by atoms with Crippen LogP contribution in [0.3, 0.4) is 0 Å². The number of aryl methyl sites for hydroxylation is 3. The van der Waals surface area contributed by atoms with Crippen molar-refractivity contribution in [1.29, 1.82) is 0 Å². The highest BCUT2D eigenvalue weighted by molar-refractivity contribution is 6.29. The molecule has 0 bridgehead atoms. The van der Waals surface area contributed by atoms with E-state index >= 15 is 0 Å². The molecular formula is C26H29ClF3N4+. The van der Waals surface area contributed by atoms with Gasteiger partial charge in [0.1, 0.15) is 17.6 Å². The third-order valence-corrected chi connectivity index (χ3v) is 6.28. The Bertz CT molecular complexity index is 1280. The summed E-state index contributed by atoms with van der Waals surface area (Å²) in [5, 5.41) is 0.348. The van der Waals surface area contributed by atoms with E-state index in [2.05, 4.69) is 4.98 Å². The molecule has 0 unspecified atom stereocenters. The van der Waals surface area contributed by atoms with Gasteiger partial charge in [0.05, 0.1) is 6.54 Å². The van der Waals surface area contributed by atoms with Crippen LogP contribution < -0.4 is 4.40 Å². The fourth-order valence-corrected chi connectivity index (χ4v) is 5.03. The van der Waals surface area contributed by atoms with Crippen LogP contribution in [0.5, 0.6) is 0 Å². The molecule has 0 amide bonds. The summed E-state index contributed by atoms with van der Waals surface area (Å²) in [4.78, 5) is 4.70. The second-order valence-electron chi connectivity index (χ2n) is 8.87. The van der Waals surface area contributed by atoms with Crippen LogP contribution in [0.15, 0.2) is 48.7 Å². The number of benzene rings is 2. The van der Waals surface area contributed by atoms with E-state index in [1.54, 1.807) is 15.2 Å². The highest BCUT2D eigenvalue weighted by Crippen LogP contribution is 2.33. The molecule has 0 saturated carbocycles. The fourth-order valence-electron chi connectivity index (χ4n) is 4.77. The summed E-state index contributed by atoms with van der Waals surface area (Å²) in [5.41, 5.74) is 4.22. The first-order valence-corrected chi connectivity index (χ1v) is 11.7. The van der Waals surface area contributed by atoms with E-state index in [0.29, 0.717) is 24.0 Å². The number of aromatic amines is 1. The minimum atomic E-state index is -4.53. The predicted molar refractivity (Wildman–Crippen MR) is 128 cm³/mol. The molecule has 34 heavy (non-hydrogen) atoms. The van der Waals surface area contributed by atoms with Crippen molar-refractivity contribution in [2.24, 2.45) is 0 Å². The number of halogens is 4. The first kappa shape index (κ1) is 24.4. The third kappa shape index (κ3) is 4.72. The zero-order valence-corrected chi connectivity index (χ0v) is 20.6. The molecule has 0 saturated heterocycles. The Morgan fingerprint density at radius 1 is 1.03 bits per heavy atom. The molecule has 0 aliphatic carbocycles.